The van der Waals surface area contributed by atoms with Crippen molar-refractivity contribution in [3.8, 4) is 24.0 Å². The third-order valence-electron chi connectivity index (χ3n) is 4.45. The second-order valence-electron chi connectivity index (χ2n) is 6.83. The number of benzene rings is 1. The largest absolute Gasteiger partial charge is 0.463 e. The molecule has 8 nitrogen and oxygen atoms in total. The van der Waals surface area contributed by atoms with Crippen molar-refractivity contribution in [2.24, 2.45) is 0 Å². The molecule has 2 N–H and O–H groups in total. The predicted molar refractivity (Wildman–Crippen MR) is 127 cm³/mol. The first kappa shape index (κ1) is 24.1. The molecule has 0 aliphatic heterocycles. The Labute approximate surface area is 201 Å². The van der Waals surface area contributed by atoms with Crippen LogP contribution in [0.4, 0.5) is 5.69 Å². The van der Waals surface area contributed by atoms with Crippen LogP contribution >= 0.6 is 23.2 Å². The van der Waals surface area contributed by atoms with Gasteiger partial charge in [0.25, 0.3) is 11.8 Å². The molecule has 2 aromatic heterocycles. The molecule has 3 aromatic rings. The number of nitrogens with one attached hydrogen (secondary N) is 2. The lowest BCUT2D eigenvalue weighted by molar-refractivity contribution is 0.0954. The van der Waals surface area contributed by atoms with Crippen LogP contribution in [-0.4, -0.2) is 39.7 Å². The fourth-order valence-electron chi connectivity index (χ4n) is 2.88. The predicted octanol–water partition coefficient (Wildman–Crippen LogP) is 4.37. The number of pyridine rings is 1. The summed E-state index contributed by atoms with van der Waals surface area (Å²) in [6, 6.07) is 9.31. The highest BCUT2D eigenvalue weighted by molar-refractivity contribution is 6.32. The summed E-state index contributed by atoms with van der Waals surface area (Å²) in [4.78, 5) is 30.1. The summed E-state index contributed by atoms with van der Waals surface area (Å²) in [5.41, 5.74) is 0.594. The minimum atomic E-state index is -0.565. The number of carbonyl (C=O) groups excluding carboxylic acids is 2. The Hall–Kier alpha value is -3.54. The Morgan fingerprint density at radius 3 is 2.76 bits per heavy atom. The molecule has 2 heterocycles. The number of terminal acetylenes is 1. The van der Waals surface area contributed by atoms with Gasteiger partial charge in [0.2, 0.25) is 5.88 Å². The molecule has 2 amide bonds. The molecule has 0 radical (unpaired) electrons. The Morgan fingerprint density at radius 2 is 2.03 bits per heavy atom. The zero-order valence-electron chi connectivity index (χ0n) is 17.8. The smallest absolute Gasteiger partial charge is 0.274 e. The first-order chi connectivity index (χ1) is 15.9. The lowest BCUT2D eigenvalue weighted by atomic mass is 10.1. The fraction of sp³-hybridized carbons (Fsp3) is 0.217. The number of carbonyl (C=O) groups is 2. The molecule has 0 fully saturated rings. The van der Waals surface area contributed by atoms with E-state index in [2.05, 4.69) is 26.6 Å². The second-order valence-corrected chi connectivity index (χ2v) is 7.68. The number of unbranched alkanes of at least 4 members (excludes halogenated alkanes) is 1. The quantitative estimate of drug-likeness (QED) is 0.346. The minimum Gasteiger partial charge on any atom is -0.463 e. The average molecular weight is 486 g/mol. The van der Waals surface area contributed by atoms with E-state index < -0.39 is 5.91 Å². The van der Waals surface area contributed by atoms with Gasteiger partial charge in [0.1, 0.15) is 5.69 Å². The summed E-state index contributed by atoms with van der Waals surface area (Å²) >= 11 is 12.3. The number of anilines is 1. The monoisotopic (exact) mass is 485 g/mol. The molecule has 1 aromatic carbocycles. The van der Waals surface area contributed by atoms with E-state index in [0.717, 1.165) is 12.8 Å². The standard InChI is InChI=1S/C23H21Cl2N5O3/c1-3-5-10-27-22(31)16-13-15(24)8-9-18(16)28-23(32)19-14-20(33-12-4-2)29-30(19)21-17(25)7-6-11-26-21/h2,6-9,11,13-14H,3,5,10,12H2,1H3,(H,27,31)(H,28,32). The molecule has 0 atom stereocenters. The van der Waals surface area contributed by atoms with Gasteiger partial charge in [-0.05, 0) is 36.8 Å². The van der Waals surface area contributed by atoms with E-state index in [0.29, 0.717) is 11.6 Å². The maximum Gasteiger partial charge on any atom is 0.274 e. The molecule has 0 unspecified atom stereocenters. The van der Waals surface area contributed by atoms with Crippen LogP contribution in [0.2, 0.25) is 10.0 Å². The van der Waals surface area contributed by atoms with Crippen LogP contribution in [0.15, 0.2) is 42.6 Å². The molecule has 170 valence electrons. The average Bonchev–Trinajstić information content (AvgIpc) is 3.23. The van der Waals surface area contributed by atoms with Crippen LogP contribution in [0.25, 0.3) is 5.82 Å². The maximum atomic E-state index is 13.2. The highest BCUT2D eigenvalue weighted by atomic mass is 35.5. The number of rotatable bonds is 9. The van der Waals surface area contributed by atoms with Crippen LogP contribution in [-0.2, 0) is 0 Å². The van der Waals surface area contributed by atoms with E-state index in [4.69, 9.17) is 34.4 Å². The molecule has 0 saturated carbocycles. The third kappa shape index (κ3) is 6.04. The number of hydrogen-bond donors (Lipinski definition) is 2. The molecule has 0 spiro atoms. The second kappa shape index (κ2) is 11.4. The highest BCUT2D eigenvalue weighted by Gasteiger charge is 2.22. The molecule has 33 heavy (non-hydrogen) atoms. The van der Waals surface area contributed by atoms with Crippen molar-refractivity contribution in [1.82, 2.24) is 20.1 Å². The summed E-state index contributed by atoms with van der Waals surface area (Å²) < 4.78 is 6.62. The Balaban J connectivity index is 1.95. The van der Waals surface area contributed by atoms with Crippen molar-refractivity contribution < 1.29 is 14.3 Å². The Kier molecular flexibility index (Phi) is 8.30. The molecule has 0 aliphatic rings. The topological polar surface area (TPSA) is 98.1 Å². The van der Waals surface area contributed by atoms with Gasteiger partial charge in [-0.15, -0.1) is 11.5 Å². The lowest BCUT2D eigenvalue weighted by Gasteiger charge is -2.13. The van der Waals surface area contributed by atoms with Crippen LogP contribution in [0.3, 0.4) is 0 Å². The van der Waals surface area contributed by atoms with Gasteiger partial charge in [-0.3, -0.25) is 9.59 Å². The van der Waals surface area contributed by atoms with E-state index >= 15 is 0 Å². The molecular weight excluding hydrogens is 465 g/mol. The summed E-state index contributed by atoms with van der Waals surface area (Å²) in [5, 5.41) is 10.5. The number of amides is 2. The lowest BCUT2D eigenvalue weighted by Crippen LogP contribution is -2.26. The number of aromatic nitrogens is 3. The SMILES string of the molecule is C#CCOc1cc(C(=O)Nc2ccc(Cl)cc2C(=O)NCCCC)n(-c2ncccc2Cl)n1. The van der Waals surface area contributed by atoms with Crippen molar-refractivity contribution in [2.45, 2.75) is 19.8 Å². The van der Waals surface area contributed by atoms with Gasteiger partial charge in [-0.25, -0.2) is 9.67 Å². The number of halogens is 2. The molecule has 0 bridgehead atoms. The van der Waals surface area contributed by atoms with Crippen molar-refractivity contribution in [2.75, 3.05) is 18.5 Å². The highest BCUT2D eigenvalue weighted by Crippen LogP contribution is 2.25. The van der Waals surface area contributed by atoms with Gasteiger partial charge in [0, 0.05) is 23.8 Å². The van der Waals surface area contributed by atoms with Crippen LogP contribution in [0.5, 0.6) is 5.88 Å². The fourth-order valence-corrected chi connectivity index (χ4v) is 3.25. The van der Waals surface area contributed by atoms with E-state index in [-0.39, 0.29) is 46.2 Å². The van der Waals surface area contributed by atoms with E-state index in [1.54, 1.807) is 24.3 Å². The van der Waals surface area contributed by atoms with Gasteiger partial charge in [0.15, 0.2) is 12.4 Å². The minimum absolute atomic E-state index is 0.0344. The third-order valence-corrected chi connectivity index (χ3v) is 4.98. The van der Waals surface area contributed by atoms with Crippen molar-refractivity contribution in [3.05, 3.63) is 63.9 Å². The summed E-state index contributed by atoms with van der Waals surface area (Å²) in [7, 11) is 0. The van der Waals surface area contributed by atoms with Gasteiger partial charge in [-0.1, -0.05) is 42.5 Å². The van der Waals surface area contributed by atoms with E-state index in [1.807, 2.05) is 6.92 Å². The van der Waals surface area contributed by atoms with Gasteiger partial charge >= 0.3 is 0 Å². The molecule has 0 aliphatic carbocycles. The van der Waals surface area contributed by atoms with E-state index in [1.165, 1.54) is 23.0 Å². The summed E-state index contributed by atoms with van der Waals surface area (Å²) in [6.07, 6.45) is 8.53. The normalized spacial score (nSPS) is 10.4. The summed E-state index contributed by atoms with van der Waals surface area (Å²) in [5.74, 6) is 1.78. The molecular formula is C23H21Cl2N5O3. The first-order valence-electron chi connectivity index (χ1n) is 10.1. The summed E-state index contributed by atoms with van der Waals surface area (Å²) in [6.45, 7) is 2.50. The van der Waals surface area contributed by atoms with Crippen molar-refractivity contribution in [1.29, 1.82) is 0 Å². The van der Waals surface area contributed by atoms with Crippen LogP contribution in [0.1, 0.15) is 40.6 Å². The molecule has 10 heteroatoms. The molecule has 0 saturated heterocycles. The first-order valence-corrected chi connectivity index (χ1v) is 10.9. The Bertz CT molecular complexity index is 1200. The number of ether oxygens (including phenoxy) is 1. The van der Waals surface area contributed by atoms with Crippen molar-refractivity contribution in [3.63, 3.8) is 0 Å². The zero-order chi connectivity index (χ0) is 23.8. The van der Waals surface area contributed by atoms with Crippen LogP contribution < -0.4 is 15.4 Å². The van der Waals surface area contributed by atoms with E-state index in [9.17, 15) is 9.59 Å². The number of nitrogens with zero attached hydrogens (tertiary/aromatic N) is 3. The van der Waals surface area contributed by atoms with Gasteiger partial charge in [0.05, 0.1) is 16.3 Å². The molecule has 3 rings (SSSR count). The van der Waals surface area contributed by atoms with Crippen LogP contribution in [0, 0.1) is 12.3 Å². The van der Waals surface area contributed by atoms with Gasteiger partial charge in [-0.2, -0.15) is 0 Å². The van der Waals surface area contributed by atoms with Gasteiger partial charge < -0.3 is 15.4 Å². The zero-order valence-corrected chi connectivity index (χ0v) is 19.3. The Morgan fingerprint density at radius 1 is 1.21 bits per heavy atom. The number of hydrogen-bond acceptors (Lipinski definition) is 5. The maximum absolute atomic E-state index is 13.2. The van der Waals surface area contributed by atoms with Crippen molar-refractivity contribution >= 4 is 40.7 Å².